The van der Waals surface area contributed by atoms with Gasteiger partial charge in [0.05, 0.1) is 19.3 Å². The lowest BCUT2D eigenvalue weighted by molar-refractivity contribution is 0.0174. The van der Waals surface area contributed by atoms with E-state index in [0.29, 0.717) is 18.8 Å². The fourth-order valence-electron chi connectivity index (χ4n) is 2.50. The van der Waals surface area contributed by atoms with Crippen molar-refractivity contribution in [2.45, 2.75) is 51.9 Å². The third kappa shape index (κ3) is 4.90. The van der Waals surface area contributed by atoms with Crippen LogP contribution in [0.1, 0.15) is 32.3 Å². The minimum absolute atomic E-state index is 0.176. The third-order valence-electron chi connectivity index (χ3n) is 3.69. The summed E-state index contributed by atoms with van der Waals surface area (Å²) < 4.78 is 17.2. The molecule has 0 radical (unpaired) electrons. The van der Waals surface area contributed by atoms with E-state index in [-0.39, 0.29) is 6.10 Å². The molecule has 2 rings (SSSR count). The Morgan fingerprint density at radius 3 is 2.71 bits per heavy atom. The molecule has 0 aromatic heterocycles. The molecule has 0 bridgehead atoms. The van der Waals surface area contributed by atoms with Crippen molar-refractivity contribution in [2.75, 3.05) is 20.3 Å². The highest BCUT2D eigenvalue weighted by Crippen LogP contribution is 2.29. The van der Waals surface area contributed by atoms with Gasteiger partial charge < -0.3 is 19.5 Å². The lowest BCUT2D eigenvalue weighted by Crippen LogP contribution is -2.32. The maximum atomic E-state index is 6.00. The van der Waals surface area contributed by atoms with Crippen molar-refractivity contribution in [1.29, 1.82) is 0 Å². The predicted octanol–water partition coefficient (Wildman–Crippen LogP) is 2.93. The first-order valence-corrected chi connectivity index (χ1v) is 7.74. The highest BCUT2D eigenvalue weighted by Gasteiger charge is 2.25. The molecule has 1 N–H and O–H groups in total. The van der Waals surface area contributed by atoms with Crippen molar-refractivity contribution in [3.63, 3.8) is 0 Å². The van der Waals surface area contributed by atoms with Gasteiger partial charge >= 0.3 is 0 Å². The van der Waals surface area contributed by atoms with Crippen LogP contribution in [0.3, 0.4) is 0 Å². The molecule has 0 saturated carbocycles. The molecule has 2 unspecified atom stereocenters. The van der Waals surface area contributed by atoms with Gasteiger partial charge in [-0.05, 0) is 37.5 Å². The monoisotopic (exact) mass is 293 g/mol. The van der Waals surface area contributed by atoms with Crippen LogP contribution in [0.2, 0.25) is 0 Å². The Kier molecular flexibility index (Phi) is 5.88. The number of nitrogens with one attached hydrogen (secondary N) is 1. The quantitative estimate of drug-likeness (QED) is 0.839. The van der Waals surface area contributed by atoms with E-state index in [0.717, 1.165) is 36.4 Å². The summed E-state index contributed by atoms with van der Waals surface area (Å²) in [7, 11) is 1.67. The van der Waals surface area contributed by atoms with Crippen LogP contribution in [0.25, 0.3) is 0 Å². The molecule has 4 nitrogen and oxygen atoms in total. The van der Waals surface area contributed by atoms with E-state index in [9.17, 15) is 0 Å². The van der Waals surface area contributed by atoms with Gasteiger partial charge in [-0.25, -0.2) is 0 Å². The van der Waals surface area contributed by atoms with Gasteiger partial charge in [0, 0.05) is 12.6 Å². The van der Waals surface area contributed by atoms with Gasteiger partial charge in [-0.2, -0.15) is 0 Å². The smallest absolute Gasteiger partial charge is 0.161 e. The number of rotatable bonds is 7. The van der Waals surface area contributed by atoms with Crippen LogP contribution < -0.4 is 14.8 Å². The average Bonchev–Trinajstić information content (AvgIpc) is 2.91. The van der Waals surface area contributed by atoms with Crippen molar-refractivity contribution in [1.82, 2.24) is 5.32 Å². The summed E-state index contributed by atoms with van der Waals surface area (Å²) in [4.78, 5) is 0. The molecule has 1 aromatic rings. The van der Waals surface area contributed by atoms with E-state index in [1.807, 2.05) is 25.1 Å². The van der Waals surface area contributed by atoms with Crippen LogP contribution in [-0.2, 0) is 4.74 Å². The van der Waals surface area contributed by atoms with E-state index in [1.165, 1.54) is 0 Å². The number of benzene rings is 1. The molecule has 1 aromatic carbocycles. The first-order valence-electron chi connectivity index (χ1n) is 7.74. The number of hydrogen-bond acceptors (Lipinski definition) is 4. The fourth-order valence-corrected chi connectivity index (χ4v) is 2.50. The molecule has 1 fully saturated rings. The molecule has 0 aliphatic carbocycles. The summed E-state index contributed by atoms with van der Waals surface area (Å²) in [6.45, 7) is 7.84. The Labute approximate surface area is 127 Å². The number of aryl methyl sites for hydroxylation is 1. The Morgan fingerprint density at radius 2 is 2.00 bits per heavy atom. The van der Waals surface area contributed by atoms with Crippen LogP contribution >= 0.6 is 0 Å². The van der Waals surface area contributed by atoms with Gasteiger partial charge in [-0.15, -0.1) is 0 Å². The van der Waals surface area contributed by atoms with Crippen LogP contribution in [0.15, 0.2) is 18.2 Å². The summed E-state index contributed by atoms with van der Waals surface area (Å²) >= 11 is 0. The zero-order chi connectivity index (χ0) is 15.2. The van der Waals surface area contributed by atoms with E-state index in [4.69, 9.17) is 14.2 Å². The van der Waals surface area contributed by atoms with Gasteiger partial charge in [-0.3, -0.25) is 0 Å². The second kappa shape index (κ2) is 7.66. The molecule has 1 aliphatic rings. The molecular formula is C17H27NO3. The Bertz CT molecular complexity index is 448. The molecule has 0 amide bonds. The van der Waals surface area contributed by atoms with Crippen LogP contribution in [0.4, 0.5) is 0 Å². The molecule has 1 aliphatic heterocycles. The lowest BCUT2D eigenvalue weighted by atomic mass is 10.2. The molecule has 21 heavy (non-hydrogen) atoms. The first kappa shape index (κ1) is 16.1. The highest BCUT2D eigenvalue weighted by molar-refractivity contribution is 5.42. The van der Waals surface area contributed by atoms with Crippen molar-refractivity contribution in [3.05, 3.63) is 23.8 Å². The van der Waals surface area contributed by atoms with Crippen molar-refractivity contribution >= 4 is 0 Å². The maximum absolute atomic E-state index is 6.00. The molecule has 1 saturated heterocycles. The van der Waals surface area contributed by atoms with Gasteiger partial charge in [0.1, 0.15) is 6.61 Å². The van der Waals surface area contributed by atoms with Gasteiger partial charge in [0.2, 0.25) is 0 Å². The standard InChI is InChI=1S/C17H27NO3/c1-12(2)18-10-14-6-7-15(21-14)11-20-16-8-5-13(3)9-17(16)19-4/h5,8-9,12,14-15,18H,6-7,10-11H2,1-4H3. The van der Waals surface area contributed by atoms with E-state index in [1.54, 1.807) is 7.11 Å². The van der Waals surface area contributed by atoms with E-state index < -0.39 is 0 Å². The van der Waals surface area contributed by atoms with Crippen LogP contribution in [0, 0.1) is 6.92 Å². The minimum Gasteiger partial charge on any atom is -0.493 e. The van der Waals surface area contributed by atoms with Gasteiger partial charge in [0.15, 0.2) is 11.5 Å². The summed E-state index contributed by atoms with van der Waals surface area (Å²) in [6.07, 6.45) is 2.63. The van der Waals surface area contributed by atoms with Crippen LogP contribution in [-0.4, -0.2) is 38.5 Å². The molecule has 0 spiro atoms. The Hall–Kier alpha value is -1.26. The molecule has 2 atom stereocenters. The Balaban J connectivity index is 1.79. The zero-order valence-corrected chi connectivity index (χ0v) is 13.5. The maximum Gasteiger partial charge on any atom is 0.161 e. The minimum atomic E-state index is 0.176. The second-order valence-electron chi connectivity index (χ2n) is 5.99. The largest absolute Gasteiger partial charge is 0.493 e. The topological polar surface area (TPSA) is 39.7 Å². The van der Waals surface area contributed by atoms with E-state index in [2.05, 4.69) is 19.2 Å². The highest BCUT2D eigenvalue weighted by atomic mass is 16.6. The van der Waals surface area contributed by atoms with Crippen molar-refractivity contribution in [3.8, 4) is 11.5 Å². The summed E-state index contributed by atoms with van der Waals surface area (Å²) in [5, 5.41) is 3.42. The molecule has 4 heteroatoms. The zero-order valence-electron chi connectivity index (χ0n) is 13.5. The summed E-state index contributed by atoms with van der Waals surface area (Å²) in [5.74, 6) is 1.57. The number of hydrogen-bond donors (Lipinski definition) is 1. The summed E-state index contributed by atoms with van der Waals surface area (Å²) in [6, 6.07) is 6.48. The van der Waals surface area contributed by atoms with Crippen molar-refractivity contribution in [2.24, 2.45) is 0 Å². The second-order valence-corrected chi connectivity index (χ2v) is 5.99. The van der Waals surface area contributed by atoms with Gasteiger partial charge in [-0.1, -0.05) is 19.9 Å². The van der Waals surface area contributed by atoms with Gasteiger partial charge in [0.25, 0.3) is 0 Å². The number of ether oxygens (including phenoxy) is 3. The molecule has 118 valence electrons. The normalized spacial score (nSPS) is 21.8. The Morgan fingerprint density at radius 1 is 1.24 bits per heavy atom. The average molecular weight is 293 g/mol. The third-order valence-corrected chi connectivity index (χ3v) is 3.69. The van der Waals surface area contributed by atoms with Crippen LogP contribution in [0.5, 0.6) is 11.5 Å². The van der Waals surface area contributed by atoms with E-state index >= 15 is 0 Å². The number of methoxy groups -OCH3 is 1. The SMILES string of the molecule is COc1cc(C)ccc1OCC1CCC(CNC(C)C)O1. The molecular weight excluding hydrogens is 266 g/mol. The predicted molar refractivity (Wildman–Crippen MR) is 84.3 cm³/mol. The fraction of sp³-hybridized carbons (Fsp3) is 0.647. The first-order chi connectivity index (χ1) is 10.1. The van der Waals surface area contributed by atoms with Crippen molar-refractivity contribution < 1.29 is 14.2 Å². The summed E-state index contributed by atoms with van der Waals surface area (Å²) in [5.41, 5.74) is 1.16. The molecule has 1 heterocycles. The lowest BCUT2D eigenvalue weighted by Gasteiger charge is -2.17.